The highest BCUT2D eigenvalue weighted by atomic mass is 19.4. The predicted octanol–water partition coefficient (Wildman–Crippen LogP) is 3.83. The minimum absolute atomic E-state index is 0.00642. The number of nitrogens with one attached hydrogen (secondary N) is 3. The number of alkyl halides is 3. The molecular weight excluding hydrogens is 443 g/mol. The molecule has 3 amide bonds. The van der Waals surface area contributed by atoms with Crippen molar-refractivity contribution in [1.82, 2.24) is 5.32 Å². The van der Waals surface area contributed by atoms with E-state index in [-0.39, 0.29) is 47.0 Å². The lowest BCUT2D eigenvalue weighted by Crippen LogP contribution is -2.34. The van der Waals surface area contributed by atoms with Crippen molar-refractivity contribution in [2.75, 3.05) is 24.4 Å². The van der Waals surface area contributed by atoms with Gasteiger partial charge in [0, 0.05) is 18.5 Å². The summed E-state index contributed by atoms with van der Waals surface area (Å²) < 4.78 is 49.9. The number of halogens is 3. The fraction of sp³-hybridized carbons (Fsp3) is 0.318. The van der Waals surface area contributed by atoms with Gasteiger partial charge in [0.05, 0.1) is 24.0 Å². The van der Waals surface area contributed by atoms with Gasteiger partial charge in [-0.3, -0.25) is 14.4 Å². The van der Waals surface area contributed by atoms with Crippen molar-refractivity contribution in [1.29, 1.82) is 0 Å². The molecule has 0 atom stereocenters. The predicted molar refractivity (Wildman–Crippen MR) is 115 cm³/mol. The van der Waals surface area contributed by atoms with E-state index in [2.05, 4.69) is 16.0 Å². The molecule has 0 saturated carbocycles. The highest BCUT2D eigenvalue weighted by molar-refractivity contribution is 6.07. The fourth-order valence-corrected chi connectivity index (χ4v) is 2.75. The number of hydrogen-bond acceptors (Lipinski definition) is 5. The molecule has 0 bridgehead atoms. The van der Waals surface area contributed by atoms with Gasteiger partial charge in [0.1, 0.15) is 0 Å². The van der Waals surface area contributed by atoms with E-state index in [1.807, 2.05) is 0 Å². The lowest BCUT2D eigenvalue weighted by atomic mass is 10.1. The number of carbonyl (C=O) groups excluding carboxylic acids is 3. The summed E-state index contributed by atoms with van der Waals surface area (Å²) in [5.41, 5.74) is -1.16. The average Bonchev–Trinajstić information content (AvgIpc) is 2.71. The van der Waals surface area contributed by atoms with E-state index in [0.29, 0.717) is 0 Å². The van der Waals surface area contributed by atoms with Gasteiger partial charge < -0.3 is 25.4 Å². The second kappa shape index (κ2) is 10.7. The molecule has 0 aliphatic heterocycles. The van der Waals surface area contributed by atoms with Gasteiger partial charge >= 0.3 is 6.18 Å². The number of hydrogen-bond donors (Lipinski definition) is 3. The molecule has 0 aromatic heterocycles. The second-order valence-corrected chi connectivity index (χ2v) is 7.27. The number of benzene rings is 2. The first-order valence-corrected chi connectivity index (χ1v) is 9.81. The first-order chi connectivity index (χ1) is 15.4. The highest BCUT2D eigenvalue weighted by Gasteiger charge is 2.31. The summed E-state index contributed by atoms with van der Waals surface area (Å²) in [7, 11) is 1.33. The van der Waals surface area contributed by atoms with Gasteiger partial charge in [-0.1, -0.05) is 0 Å². The van der Waals surface area contributed by atoms with Gasteiger partial charge in [-0.05, 0) is 50.2 Å². The van der Waals surface area contributed by atoms with E-state index in [4.69, 9.17) is 9.47 Å². The zero-order valence-corrected chi connectivity index (χ0v) is 18.4. The van der Waals surface area contributed by atoms with E-state index >= 15 is 0 Å². The fourth-order valence-electron chi connectivity index (χ4n) is 2.75. The van der Waals surface area contributed by atoms with Gasteiger partial charge in [-0.25, -0.2) is 0 Å². The van der Waals surface area contributed by atoms with E-state index < -0.39 is 23.6 Å². The molecule has 0 fully saturated rings. The number of ether oxygens (including phenoxy) is 2. The lowest BCUT2D eigenvalue weighted by Gasteiger charge is -2.16. The second-order valence-electron chi connectivity index (χ2n) is 7.27. The van der Waals surface area contributed by atoms with Crippen LogP contribution in [0.4, 0.5) is 24.5 Å². The van der Waals surface area contributed by atoms with Gasteiger partial charge in [-0.15, -0.1) is 0 Å². The zero-order chi connectivity index (χ0) is 24.8. The lowest BCUT2D eigenvalue weighted by molar-refractivity contribution is -0.137. The standard InChI is InChI=1S/C22H24F3N3O5/c1-12(2)26-20(30)11-33-18-8-5-14(9-19(18)32-4)21(31)28-17-10-15(22(23,24)25)6-7-16(17)27-13(3)29/h5-10,12H,11H2,1-4H3,(H,26,30)(H,27,29)(H,28,31). The van der Waals surface area contributed by atoms with Crippen molar-refractivity contribution >= 4 is 29.1 Å². The first kappa shape index (κ1) is 25.5. The third-order valence-electron chi connectivity index (χ3n) is 4.14. The number of carbonyl (C=O) groups is 3. The molecule has 0 heterocycles. The van der Waals surface area contributed by atoms with Gasteiger partial charge in [-0.2, -0.15) is 13.2 Å². The molecule has 0 unspecified atom stereocenters. The maximum atomic E-state index is 13.1. The Morgan fingerprint density at radius 2 is 1.67 bits per heavy atom. The smallest absolute Gasteiger partial charge is 0.416 e. The third-order valence-corrected chi connectivity index (χ3v) is 4.14. The Labute approximate surface area is 188 Å². The molecule has 0 aliphatic rings. The maximum Gasteiger partial charge on any atom is 0.416 e. The van der Waals surface area contributed by atoms with Crippen molar-refractivity contribution in [3.05, 3.63) is 47.5 Å². The molecule has 0 radical (unpaired) electrons. The molecular formula is C22H24F3N3O5. The summed E-state index contributed by atoms with van der Waals surface area (Å²) in [5.74, 6) is -1.26. The van der Waals surface area contributed by atoms with E-state index in [0.717, 1.165) is 18.2 Å². The molecule has 8 nitrogen and oxygen atoms in total. The van der Waals surface area contributed by atoms with Crippen LogP contribution in [0.2, 0.25) is 0 Å². The summed E-state index contributed by atoms with van der Waals surface area (Å²) in [6.07, 6.45) is -4.64. The molecule has 11 heteroatoms. The molecule has 0 spiro atoms. The summed E-state index contributed by atoms with van der Waals surface area (Å²) in [6, 6.07) is 6.59. The highest BCUT2D eigenvalue weighted by Crippen LogP contribution is 2.35. The molecule has 2 rings (SSSR count). The van der Waals surface area contributed by atoms with Crippen LogP contribution in [0.3, 0.4) is 0 Å². The quantitative estimate of drug-likeness (QED) is 0.547. The van der Waals surface area contributed by atoms with Crippen LogP contribution in [-0.4, -0.2) is 37.5 Å². The van der Waals surface area contributed by atoms with Crippen LogP contribution in [-0.2, 0) is 15.8 Å². The van der Waals surface area contributed by atoms with E-state index in [9.17, 15) is 27.6 Å². The first-order valence-electron chi connectivity index (χ1n) is 9.81. The monoisotopic (exact) mass is 467 g/mol. The van der Waals surface area contributed by atoms with Crippen LogP contribution in [0.1, 0.15) is 36.7 Å². The SMILES string of the molecule is COc1cc(C(=O)Nc2cc(C(F)(F)F)ccc2NC(C)=O)ccc1OCC(=O)NC(C)C. The molecule has 33 heavy (non-hydrogen) atoms. The number of rotatable bonds is 8. The molecule has 2 aromatic carbocycles. The van der Waals surface area contributed by atoms with Gasteiger partial charge in [0.25, 0.3) is 11.8 Å². The van der Waals surface area contributed by atoms with Crippen molar-refractivity contribution in [2.24, 2.45) is 0 Å². The number of methoxy groups -OCH3 is 1. The van der Waals surface area contributed by atoms with Crippen LogP contribution < -0.4 is 25.4 Å². The third kappa shape index (κ3) is 7.41. The Balaban J connectivity index is 2.25. The van der Waals surface area contributed by atoms with Gasteiger partial charge in [0.15, 0.2) is 18.1 Å². The summed E-state index contributed by atoms with van der Waals surface area (Å²) >= 11 is 0. The molecule has 0 saturated heterocycles. The van der Waals surface area contributed by atoms with E-state index in [1.54, 1.807) is 13.8 Å². The Morgan fingerprint density at radius 3 is 2.24 bits per heavy atom. The topological polar surface area (TPSA) is 106 Å². The van der Waals surface area contributed by atoms with Crippen LogP contribution in [0, 0.1) is 0 Å². The molecule has 2 aromatic rings. The van der Waals surface area contributed by atoms with Crippen LogP contribution >= 0.6 is 0 Å². The summed E-state index contributed by atoms with van der Waals surface area (Å²) in [5, 5.41) is 7.41. The maximum absolute atomic E-state index is 13.1. The summed E-state index contributed by atoms with van der Waals surface area (Å²) in [6.45, 7) is 4.51. The minimum Gasteiger partial charge on any atom is -0.493 e. The van der Waals surface area contributed by atoms with Crippen molar-refractivity contribution in [3.63, 3.8) is 0 Å². The average molecular weight is 467 g/mol. The van der Waals surface area contributed by atoms with Crippen molar-refractivity contribution in [2.45, 2.75) is 33.0 Å². The normalized spacial score (nSPS) is 11.0. The Bertz CT molecular complexity index is 1040. The number of anilines is 2. The van der Waals surface area contributed by atoms with Crippen molar-refractivity contribution in [3.8, 4) is 11.5 Å². The largest absolute Gasteiger partial charge is 0.493 e. The Hall–Kier alpha value is -3.76. The van der Waals surface area contributed by atoms with Crippen LogP contribution in [0.5, 0.6) is 11.5 Å². The van der Waals surface area contributed by atoms with Crippen LogP contribution in [0.15, 0.2) is 36.4 Å². The van der Waals surface area contributed by atoms with Crippen LogP contribution in [0.25, 0.3) is 0 Å². The Kier molecular flexibility index (Phi) is 8.27. The minimum atomic E-state index is -4.64. The molecule has 3 N–H and O–H groups in total. The zero-order valence-electron chi connectivity index (χ0n) is 18.4. The Morgan fingerprint density at radius 1 is 0.970 bits per heavy atom. The molecule has 0 aliphatic carbocycles. The number of amides is 3. The van der Waals surface area contributed by atoms with Gasteiger partial charge in [0.2, 0.25) is 5.91 Å². The van der Waals surface area contributed by atoms with Crippen molar-refractivity contribution < 1.29 is 37.0 Å². The molecule has 178 valence electrons. The van der Waals surface area contributed by atoms with E-state index in [1.165, 1.54) is 32.2 Å². The summed E-state index contributed by atoms with van der Waals surface area (Å²) in [4.78, 5) is 35.9.